The summed E-state index contributed by atoms with van der Waals surface area (Å²) in [7, 11) is 0. The normalized spacial score (nSPS) is 12.5. The molecule has 0 unspecified atom stereocenters. The second-order valence-corrected chi connectivity index (χ2v) is 16.6. The minimum atomic E-state index is -5.21. The van der Waals surface area contributed by atoms with Crippen LogP contribution < -0.4 is 0 Å². The average molecular weight is 993 g/mol. The first-order valence-electron chi connectivity index (χ1n) is 21.5. The molecule has 4 nitrogen and oxygen atoms in total. The Bertz CT molecular complexity index is 3450. The molecule has 0 fully saturated rings. The Kier molecular flexibility index (Phi) is 11.5. The fourth-order valence-corrected chi connectivity index (χ4v) is 8.59. The molecule has 2 heterocycles. The number of aromatic nitrogens is 4. The van der Waals surface area contributed by atoms with Gasteiger partial charge in [0.2, 0.25) is 0 Å². The van der Waals surface area contributed by atoms with Crippen LogP contribution in [0.2, 0.25) is 0 Å². The lowest BCUT2D eigenvalue weighted by molar-refractivity contribution is -0.144. The van der Waals surface area contributed by atoms with Crippen molar-refractivity contribution in [3.8, 4) is 73.2 Å². The van der Waals surface area contributed by atoms with Crippen LogP contribution in [0.15, 0.2) is 176 Å². The highest BCUT2D eigenvalue weighted by Gasteiger charge is 2.39. The predicted molar refractivity (Wildman–Crippen MR) is 247 cm³/mol. The monoisotopic (exact) mass is 992 g/mol. The molecule has 0 aliphatic carbocycles. The predicted octanol–water partition coefficient (Wildman–Crippen LogP) is 17.2. The molecule has 17 heteroatoms. The molecular weight excluding hydrogens is 964 g/mol. The third kappa shape index (κ3) is 9.13. The molecule has 2 aromatic heterocycles. The Morgan fingerprint density at radius 2 is 0.681 bits per heavy atom. The molecule has 0 atom stereocenters. The Labute approximate surface area is 399 Å². The van der Waals surface area contributed by atoms with Gasteiger partial charge >= 0.3 is 24.7 Å². The first-order chi connectivity index (χ1) is 34.1. The van der Waals surface area contributed by atoms with Crippen molar-refractivity contribution in [1.82, 2.24) is 19.5 Å². The van der Waals surface area contributed by atoms with E-state index in [2.05, 4.69) is 0 Å². The molecule has 0 saturated heterocycles. The lowest BCUT2D eigenvalue weighted by Crippen LogP contribution is -2.11. The number of benzene rings is 8. The molecule has 0 bridgehead atoms. The van der Waals surface area contributed by atoms with E-state index in [4.69, 9.17) is 15.0 Å². The minimum Gasteiger partial charge on any atom is -0.309 e. The summed E-state index contributed by atoms with van der Waals surface area (Å²) in [5.74, 6) is 0.0828. The summed E-state index contributed by atoms with van der Waals surface area (Å²) in [6.07, 6.45) is -20.8. The van der Waals surface area contributed by atoms with Crippen molar-refractivity contribution in [1.29, 1.82) is 0 Å². The Morgan fingerprint density at radius 1 is 0.306 bits per heavy atom. The summed E-state index contributed by atoms with van der Waals surface area (Å²) in [5.41, 5.74) is -5.11. The zero-order valence-corrected chi connectivity index (χ0v) is 36.4. The molecule has 0 aliphatic heterocycles. The third-order valence-electron chi connectivity index (χ3n) is 12.0. The van der Waals surface area contributed by atoms with Crippen LogP contribution in [0.25, 0.3) is 95.0 Å². The lowest BCUT2D eigenvalue weighted by atomic mass is 9.96. The molecule has 0 aliphatic rings. The van der Waals surface area contributed by atoms with Gasteiger partial charge in [-0.15, -0.1) is 0 Å². The van der Waals surface area contributed by atoms with Crippen molar-refractivity contribution in [3.63, 3.8) is 0 Å². The maximum atomic E-state index is 16.0. The van der Waals surface area contributed by atoms with Gasteiger partial charge in [0.1, 0.15) is 5.82 Å². The fourth-order valence-electron chi connectivity index (χ4n) is 8.59. The van der Waals surface area contributed by atoms with Crippen molar-refractivity contribution in [2.24, 2.45) is 0 Å². The molecule has 0 amide bonds. The van der Waals surface area contributed by atoms with E-state index in [1.165, 1.54) is 54.6 Å². The van der Waals surface area contributed by atoms with Gasteiger partial charge in [0.15, 0.2) is 17.5 Å². The van der Waals surface area contributed by atoms with Gasteiger partial charge in [-0.05, 0) is 95.1 Å². The fraction of sp³-hybridized carbons (Fsp3) is 0.0727. The Morgan fingerprint density at radius 3 is 1.08 bits per heavy atom. The summed E-state index contributed by atoms with van der Waals surface area (Å²) in [6.45, 7) is 0. The van der Waals surface area contributed by atoms with Gasteiger partial charge in [-0.1, -0.05) is 103 Å². The summed E-state index contributed by atoms with van der Waals surface area (Å²) in [4.78, 5) is 14.4. The van der Waals surface area contributed by atoms with Crippen molar-refractivity contribution >= 4 is 21.8 Å². The Hall–Kier alpha value is -8.34. The van der Waals surface area contributed by atoms with Crippen LogP contribution >= 0.6 is 0 Å². The number of rotatable bonds is 7. The molecule has 0 radical (unpaired) electrons. The van der Waals surface area contributed by atoms with Gasteiger partial charge in [-0.3, -0.25) is 0 Å². The number of nitrogens with zero attached hydrogens (tertiary/aromatic N) is 4. The maximum absolute atomic E-state index is 16.0. The first-order valence-corrected chi connectivity index (χ1v) is 21.5. The van der Waals surface area contributed by atoms with Gasteiger partial charge < -0.3 is 4.57 Å². The van der Waals surface area contributed by atoms with Gasteiger partial charge in [-0.2, -0.15) is 52.7 Å². The van der Waals surface area contributed by atoms with Crippen molar-refractivity contribution in [2.45, 2.75) is 24.7 Å². The SMILES string of the molecule is Fc1ccccc1-c1ccc(-c2nc(-c3ccccc3)nc(-c3ccccc3)n2)cc1-n1c2ccc(-c3cc(C(F)(F)F)cc(C(F)(F)F)c3)cc2c2cc(-c3cc(C(F)(F)F)cc(C(F)(F)F)c3)ccc21. The second kappa shape index (κ2) is 17.5. The minimum absolute atomic E-state index is 0.0280. The largest absolute Gasteiger partial charge is 0.416 e. The topological polar surface area (TPSA) is 43.6 Å². The molecular formula is C55H29F13N4. The highest BCUT2D eigenvalue weighted by Crippen LogP contribution is 2.45. The van der Waals surface area contributed by atoms with Gasteiger partial charge in [0, 0.05) is 38.6 Å². The molecule has 0 saturated carbocycles. The van der Waals surface area contributed by atoms with E-state index in [1.807, 2.05) is 12.1 Å². The number of alkyl halides is 12. The summed E-state index contributed by atoms with van der Waals surface area (Å²) in [6, 6.07) is 38.6. The zero-order chi connectivity index (χ0) is 50.9. The number of halogens is 13. The molecule has 8 aromatic carbocycles. The van der Waals surface area contributed by atoms with Gasteiger partial charge in [-0.25, -0.2) is 19.3 Å². The van der Waals surface area contributed by atoms with Crippen molar-refractivity contribution in [3.05, 3.63) is 204 Å². The zero-order valence-electron chi connectivity index (χ0n) is 36.4. The van der Waals surface area contributed by atoms with E-state index >= 15 is 4.39 Å². The van der Waals surface area contributed by atoms with E-state index < -0.39 is 63.9 Å². The van der Waals surface area contributed by atoms with E-state index in [9.17, 15) is 52.7 Å². The highest BCUT2D eigenvalue weighted by atomic mass is 19.4. The summed E-state index contributed by atoms with van der Waals surface area (Å²) < 4.78 is 187. The van der Waals surface area contributed by atoms with E-state index in [0.29, 0.717) is 52.6 Å². The number of fused-ring (bicyclic) bond motifs is 3. The number of hydrogen-bond acceptors (Lipinski definition) is 3. The average Bonchev–Trinajstić information content (AvgIpc) is 3.68. The molecule has 0 N–H and O–H groups in total. The van der Waals surface area contributed by atoms with E-state index in [-0.39, 0.29) is 67.7 Å². The van der Waals surface area contributed by atoms with Crippen molar-refractivity contribution < 1.29 is 57.1 Å². The van der Waals surface area contributed by atoms with Crippen LogP contribution in [0.5, 0.6) is 0 Å². The Balaban J connectivity index is 1.28. The summed E-state index contributed by atoms with van der Waals surface area (Å²) in [5, 5.41) is 0.197. The van der Waals surface area contributed by atoms with Gasteiger partial charge in [0.25, 0.3) is 0 Å². The van der Waals surface area contributed by atoms with Crippen LogP contribution in [-0.4, -0.2) is 19.5 Å². The van der Waals surface area contributed by atoms with Crippen LogP contribution in [-0.2, 0) is 24.7 Å². The van der Waals surface area contributed by atoms with E-state index in [1.54, 1.807) is 77.4 Å². The molecule has 10 aromatic rings. The van der Waals surface area contributed by atoms with Crippen LogP contribution in [0.4, 0.5) is 57.1 Å². The maximum Gasteiger partial charge on any atom is 0.416 e. The standard InChI is InChI=1S/C55H29F13N4/c56-45-14-8-7-13-41(45)42-18-15-34(51-70-49(30-9-3-1-4-10-30)69-50(71-51)31-11-5-2-6-12-31)27-48(42)72-46-19-16-32(35-21-37(52(57,58)59)28-38(22-35)53(60,61)62)25-43(46)44-26-33(17-20-47(44)72)36-23-39(54(63,64)65)29-40(24-36)55(66,67)68/h1-29H. The third-order valence-corrected chi connectivity index (χ3v) is 12.0. The number of hydrogen-bond donors (Lipinski definition) is 0. The van der Waals surface area contributed by atoms with Crippen molar-refractivity contribution in [2.75, 3.05) is 0 Å². The summed E-state index contributed by atoms with van der Waals surface area (Å²) >= 11 is 0. The molecule has 360 valence electrons. The molecule has 72 heavy (non-hydrogen) atoms. The van der Waals surface area contributed by atoms with Crippen LogP contribution in [0, 0.1) is 5.82 Å². The second-order valence-electron chi connectivity index (χ2n) is 16.6. The van der Waals surface area contributed by atoms with Crippen LogP contribution in [0.3, 0.4) is 0 Å². The highest BCUT2D eigenvalue weighted by molar-refractivity contribution is 6.12. The molecule has 10 rings (SSSR count). The van der Waals surface area contributed by atoms with Crippen LogP contribution in [0.1, 0.15) is 22.3 Å². The first kappa shape index (κ1) is 47.3. The van der Waals surface area contributed by atoms with Gasteiger partial charge in [0.05, 0.1) is 39.0 Å². The molecule has 0 spiro atoms. The quantitative estimate of drug-likeness (QED) is 0.149. The van der Waals surface area contributed by atoms with E-state index in [0.717, 1.165) is 0 Å². The smallest absolute Gasteiger partial charge is 0.309 e. The lowest BCUT2D eigenvalue weighted by Gasteiger charge is -2.17.